The first-order valence-electron chi connectivity index (χ1n) is 4.67. The molecule has 1 amide bonds. The number of nitrogens with zero attached hydrogens (tertiary/aromatic N) is 3. The summed E-state index contributed by atoms with van der Waals surface area (Å²) in [5.41, 5.74) is 6.00. The van der Waals surface area contributed by atoms with Crippen molar-refractivity contribution in [1.29, 1.82) is 0 Å². The second kappa shape index (κ2) is 3.77. The van der Waals surface area contributed by atoms with Gasteiger partial charge in [-0.25, -0.2) is 15.5 Å². The lowest BCUT2D eigenvalue weighted by molar-refractivity contribution is -0.122. The Hall–Kier alpha value is -1.76. The highest BCUT2D eigenvalue weighted by Crippen LogP contribution is 2.02. The molecule has 0 aromatic rings. The van der Waals surface area contributed by atoms with Crippen molar-refractivity contribution in [2.24, 2.45) is 21.0 Å². The van der Waals surface area contributed by atoms with Gasteiger partial charge in [0.2, 0.25) is 5.91 Å². The minimum absolute atomic E-state index is 0.0857. The highest BCUT2D eigenvalue weighted by Gasteiger charge is 2.28. The Morgan fingerprint density at radius 1 is 1.60 bits per heavy atom. The topological polar surface area (TPSA) is 90.2 Å². The number of aliphatic imine (C=N–C) groups is 2. The Balaban J connectivity index is 2.12. The van der Waals surface area contributed by atoms with E-state index >= 15 is 0 Å². The molecule has 0 aliphatic carbocycles. The van der Waals surface area contributed by atoms with Gasteiger partial charge in [0, 0.05) is 5.92 Å². The molecule has 2 aliphatic rings. The van der Waals surface area contributed by atoms with Crippen molar-refractivity contribution in [2.75, 3.05) is 0 Å². The molecule has 0 fully saturated rings. The molecule has 0 radical (unpaired) electrons. The first kappa shape index (κ1) is 9.78. The van der Waals surface area contributed by atoms with E-state index in [4.69, 9.17) is 0 Å². The number of nitrogens with one attached hydrogen (secondary N) is 3. The van der Waals surface area contributed by atoms with Crippen LogP contribution in [0.15, 0.2) is 15.1 Å². The SMILES string of the molecule is CC(C)C(=O)NC1=NC=NC2NNN=C12. The fraction of sp³-hybridized carbons (Fsp3) is 0.500. The molecular weight excluding hydrogens is 196 g/mol. The number of amides is 1. The maximum Gasteiger partial charge on any atom is 0.228 e. The van der Waals surface area contributed by atoms with E-state index in [1.807, 2.05) is 13.8 Å². The van der Waals surface area contributed by atoms with Gasteiger partial charge >= 0.3 is 0 Å². The lowest BCUT2D eigenvalue weighted by atomic mass is 10.2. The molecule has 0 bridgehead atoms. The number of hydrogen-bond acceptors (Lipinski definition) is 6. The van der Waals surface area contributed by atoms with Crippen molar-refractivity contribution in [3.05, 3.63) is 0 Å². The van der Waals surface area contributed by atoms with Crippen molar-refractivity contribution in [3.63, 3.8) is 0 Å². The zero-order valence-corrected chi connectivity index (χ0v) is 8.48. The Labute approximate surface area is 86.7 Å². The molecule has 2 rings (SSSR count). The molecule has 3 N–H and O–H groups in total. The number of hydrogen-bond donors (Lipinski definition) is 3. The van der Waals surface area contributed by atoms with Gasteiger partial charge in [0.15, 0.2) is 12.0 Å². The lowest BCUT2D eigenvalue weighted by Gasteiger charge is -2.14. The van der Waals surface area contributed by atoms with Crippen LogP contribution in [0.25, 0.3) is 0 Å². The molecular formula is C8H12N6O. The molecule has 1 atom stereocenters. The van der Waals surface area contributed by atoms with Crippen molar-refractivity contribution in [2.45, 2.75) is 20.0 Å². The molecule has 15 heavy (non-hydrogen) atoms. The number of carbonyl (C=O) groups excluding carboxylic acids is 1. The Bertz CT molecular complexity index is 369. The first-order valence-corrected chi connectivity index (χ1v) is 4.67. The van der Waals surface area contributed by atoms with E-state index in [0.29, 0.717) is 11.5 Å². The minimum Gasteiger partial charge on any atom is -0.309 e. The molecule has 0 saturated heterocycles. The molecule has 80 valence electrons. The third kappa shape index (κ3) is 1.86. The maximum absolute atomic E-state index is 11.5. The molecule has 2 aliphatic heterocycles. The summed E-state index contributed by atoms with van der Waals surface area (Å²) in [5.74, 6) is 0.275. The number of rotatable bonds is 1. The summed E-state index contributed by atoms with van der Waals surface area (Å²) in [5, 5.41) is 6.65. The van der Waals surface area contributed by atoms with Crippen LogP contribution < -0.4 is 16.3 Å². The van der Waals surface area contributed by atoms with E-state index < -0.39 is 0 Å². The van der Waals surface area contributed by atoms with Gasteiger partial charge in [0.1, 0.15) is 12.1 Å². The third-order valence-electron chi connectivity index (χ3n) is 2.05. The van der Waals surface area contributed by atoms with Crippen LogP contribution in [0, 0.1) is 5.92 Å². The van der Waals surface area contributed by atoms with Crippen molar-refractivity contribution in [1.82, 2.24) is 16.3 Å². The number of carbonyl (C=O) groups is 1. The fourth-order valence-corrected chi connectivity index (χ4v) is 1.15. The van der Waals surface area contributed by atoms with Crippen molar-refractivity contribution >= 4 is 23.8 Å². The fourth-order valence-electron chi connectivity index (χ4n) is 1.15. The summed E-state index contributed by atoms with van der Waals surface area (Å²) in [6.07, 6.45) is 1.14. The Morgan fingerprint density at radius 3 is 3.13 bits per heavy atom. The van der Waals surface area contributed by atoms with Crippen LogP contribution in [0.1, 0.15) is 13.8 Å². The summed E-state index contributed by atoms with van der Waals surface area (Å²) in [6.45, 7) is 3.63. The molecule has 7 nitrogen and oxygen atoms in total. The molecule has 7 heteroatoms. The monoisotopic (exact) mass is 208 g/mol. The van der Waals surface area contributed by atoms with Crippen LogP contribution in [0.5, 0.6) is 0 Å². The zero-order valence-electron chi connectivity index (χ0n) is 8.48. The molecule has 0 saturated carbocycles. The van der Waals surface area contributed by atoms with Crippen molar-refractivity contribution < 1.29 is 4.79 Å². The van der Waals surface area contributed by atoms with E-state index in [1.54, 1.807) is 0 Å². The van der Waals surface area contributed by atoms with Gasteiger partial charge in [-0.1, -0.05) is 13.8 Å². The van der Waals surface area contributed by atoms with Crippen molar-refractivity contribution in [3.8, 4) is 0 Å². The second-order valence-electron chi connectivity index (χ2n) is 3.54. The van der Waals surface area contributed by atoms with Crippen LogP contribution in [0.2, 0.25) is 0 Å². The predicted octanol–water partition coefficient (Wildman–Crippen LogP) is -1.01. The van der Waals surface area contributed by atoms with E-state index in [9.17, 15) is 4.79 Å². The lowest BCUT2D eigenvalue weighted by Crippen LogP contribution is -2.46. The van der Waals surface area contributed by atoms with Crippen LogP contribution in [-0.4, -0.2) is 30.0 Å². The van der Waals surface area contributed by atoms with Gasteiger partial charge in [0.25, 0.3) is 0 Å². The molecule has 0 aromatic heterocycles. The number of amidine groups is 1. The summed E-state index contributed by atoms with van der Waals surface area (Å²) in [6, 6.07) is 0. The smallest absolute Gasteiger partial charge is 0.228 e. The minimum atomic E-state index is -0.259. The van der Waals surface area contributed by atoms with Gasteiger partial charge in [-0.15, -0.1) is 0 Å². The highest BCUT2D eigenvalue weighted by atomic mass is 16.1. The number of hydrazine groups is 1. The Kier molecular flexibility index (Phi) is 2.46. The van der Waals surface area contributed by atoms with Gasteiger partial charge in [-0.2, -0.15) is 10.5 Å². The van der Waals surface area contributed by atoms with E-state index in [0.717, 1.165) is 0 Å². The second-order valence-corrected chi connectivity index (χ2v) is 3.54. The van der Waals surface area contributed by atoms with Gasteiger partial charge in [-0.05, 0) is 0 Å². The molecule has 1 unspecified atom stereocenters. The maximum atomic E-state index is 11.5. The number of fused-ring (bicyclic) bond motifs is 1. The Morgan fingerprint density at radius 2 is 2.40 bits per heavy atom. The van der Waals surface area contributed by atoms with Crippen LogP contribution >= 0.6 is 0 Å². The predicted molar refractivity (Wildman–Crippen MR) is 56.4 cm³/mol. The van der Waals surface area contributed by atoms with Crippen LogP contribution in [-0.2, 0) is 4.79 Å². The number of hydrazone groups is 1. The van der Waals surface area contributed by atoms with Crippen LogP contribution in [0.4, 0.5) is 0 Å². The quantitative estimate of drug-likeness (QED) is 0.515. The zero-order chi connectivity index (χ0) is 10.8. The van der Waals surface area contributed by atoms with Crippen LogP contribution in [0.3, 0.4) is 0 Å². The molecule has 0 aromatic carbocycles. The summed E-state index contributed by atoms with van der Waals surface area (Å²) < 4.78 is 0. The van der Waals surface area contributed by atoms with E-state index in [1.165, 1.54) is 6.34 Å². The van der Waals surface area contributed by atoms with Gasteiger partial charge < -0.3 is 5.32 Å². The molecule has 2 heterocycles. The van der Waals surface area contributed by atoms with E-state index in [2.05, 4.69) is 31.4 Å². The standard InChI is InChI=1S/C8H12N6O/c1-4(2)8(15)11-6-5-7(10-3-9-6)13-14-12-5/h3-4,7,13-14H,1-2H3,(H,9,10,11,15). The first-order chi connectivity index (χ1) is 7.18. The summed E-state index contributed by atoms with van der Waals surface area (Å²) >= 11 is 0. The van der Waals surface area contributed by atoms with E-state index in [-0.39, 0.29) is 18.0 Å². The summed E-state index contributed by atoms with van der Waals surface area (Å²) in [7, 11) is 0. The van der Waals surface area contributed by atoms with Gasteiger partial charge in [-0.3, -0.25) is 4.79 Å². The normalized spacial score (nSPS) is 23.0. The van der Waals surface area contributed by atoms with Gasteiger partial charge in [0.05, 0.1) is 0 Å². The average Bonchev–Trinajstić information content (AvgIpc) is 2.66. The summed E-state index contributed by atoms with van der Waals surface area (Å²) in [4.78, 5) is 19.5. The molecule has 0 spiro atoms. The third-order valence-corrected chi connectivity index (χ3v) is 2.05. The largest absolute Gasteiger partial charge is 0.309 e. The highest BCUT2D eigenvalue weighted by molar-refractivity contribution is 6.47. The average molecular weight is 208 g/mol.